The summed E-state index contributed by atoms with van der Waals surface area (Å²) >= 11 is 0. The number of hydrogen-bond acceptors (Lipinski definition) is 3. The van der Waals surface area contributed by atoms with Gasteiger partial charge in [-0.05, 0) is 27.7 Å². The van der Waals surface area contributed by atoms with Crippen LogP contribution in [0.25, 0.3) is 0 Å². The molecular formula is C13H20N2O3. The van der Waals surface area contributed by atoms with Crippen LogP contribution in [0, 0.1) is 5.21 Å². The molecule has 0 aliphatic carbocycles. The van der Waals surface area contributed by atoms with Crippen molar-refractivity contribution in [1.29, 1.82) is 0 Å². The van der Waals surface area contributed by atoms with Crippen molar-refractivity contribution in [3.8, 4) is 0 Å². The molecule has 1 fully saturated rings. The van der Waals surface area contributed by atoms with E-state index in [-0.39, 0.29) is 22.9 Å². The van der Waals surface area contributed by atoms with Crippen LogP contribution in [-0.2, 0) is 9.59 Å². The Balaban J connectivity index is 2.26. The van der Waals surface area contributed by atoms with Crippen LogP contribution in [0.15, 0.2) is 12.2 Å². The van der Waals surface area contributed by atoms with Gasteiger partial charge in [-0.3, -0.25) is 14.5 Å². The lowest BCUT2D eigenvalue weighted by Gasteiger charge is -2.55. The van der Waals surface area contributed by atoms with Crippen LogP contribution >= 0.6 is 0 Å². The molecule has 5 nitrogen and oxygen atoms in total. The number of carbonyl (C=O) groups is 2. The lowest BCUT2D eigenvalue weighted by Crippen LogP contribution is -3.23. The third-order valence-corrected chi connectivity index (χ3v) is 3.93. The SMILES string of the molecule is CC1(C)CC(N2C(=O)C=CC2=O)CC(C)(C)[NH+]1[O-]. The number of rotatable bonds is 1. The van der Waals surface area contributed by atoms with Gasteiger partial charge >= 0.3 is 0 Å². The highest BCUT2D eigenvalue weighted by Gasteiger charge is 2.49. The van der Waals surface area contributed by atoms with Crippen LogP contribution < -0.4 is 5.06 Å². The molecule has 0 aromatic heterocycles. The first kappa shape index (κ1) is 13.2. The van der Waals surface area contributed by atoms with E-state index in [0.717, 1.165) is 0 Å². The lowest BCUT2D eigenvalue weighted by atomic mass is 9.78. The highest BCUT2D eigenvalue weighted by atomic mass is 16.5. The highest BCUT2D eigenvalue weighted by molar-refractivity contribution is 6.13. The van der Waals surface area contributed by atoms with E-state index < -0.39 is 11.1 Å². The Labute approximate surface area is 107 Å². The Kier molecular flexibility index (Phi) is 2.87. The fourth-order valence-corrected chi connectivity index (χ4v) is 3.31. The van der Waals surface area contributed by atoms with Crippen LogP contribution in [0.4, 0.5) is 0 Å². The molecule has 2 heterocycles. The first-order chi connectivity index (χ1) is 8.15. The maximum Gasteiger partial charge on any atom is 0.253 e. The maximum atomic E-state index is 12.3. The zero-order valence-electron chi connectivity index (χ0n) is 11.3. The van der Waals surface area contributed by atoms with Gasteiger partial charge in [0.1, 0.15) is 0 Å². The molecule has 0 aromatic carbocycles. The van der Waals surface area contributed by atoms with Crippen molar-refractivity contribution in [2.75, 3.05) is 0 Å². The summed E-state index contributed by atoms with van der Waals surface area (Å²) < 4.78 is 0. The van der Waals surface area contributed by atoms with E-state index in [1.165, 1.54) is 17.1 Å². The van der Waals surface area contributed by atoms with Crippen LogP contribution in [0.1, 0.15) is 40.5 Å². The van der Waals surface area contributed by atoms with E-state index >= 15 is 0 Å². The molecule has 0 spiro atoms. The largest absolute Gasteiger partial charge is 0.634 e. The van der Waals surface area contributed by atoms with E-state index in [1.807, 2.05) is 27.7 Å². The Morgan fingerprint density at radius 2 is 1.50 bits per heavy atom. The van der Waals surface area contributed by atoms with Gasteiger partial charge in [0.2, 0.25) is 0 Å². The number of amides is 2. The average Bonchev–Trinajstić information content (AvgIpc) is 2.54. The number of hydrogen-bond donors (Lipinski definition) is 1. The quantitative estimate of drug-likeness (QED) is 0.528. The Morgan fingerprint density at radius 3 is 1.89 bits per heavy atom. The Morgan fingerprint density at radius 1 is 1.11 bits per heavy atom. The molecule has 5 heteroatoms. The molecule has 0 bridgehead atoms. The predicted molar refractivity (Wildman–Crippen MR) is 66.5 cm³/mol. The van der Waals surface area contributed by atoms with Gasteiger partial charge in [0.15, 0.2) is 0 Å². The molecule has 1 saturated heterocycles. The van der Waals surface area contributed by atoms with Gasteiger partial charge in [-0.1, -0.05) is 0 Å². The smallest absolute Gasteiger partial charge is 0.253 e. The first-order valence-electron chi connectivity index (χ1n) is 6.25. The summed E-state index contributed by atoms with van der Waals surface area (Å²) in [6.07, 6.45) is 3.71. The normalized spacial score (nSPS) is 34.2. The Bertz CT molecular complexity index is 390. The second kappa shape index (κ2) is 3.90. The summed E-state index contributed by atoms with van der Waals surface area (Å²) in [6, 6.07) is -0.178. The zero-order valence-corrected chi connectivity index (χ0v) is 11.3. The monoisotopic (exact) mass is 252 g/mol. The topological polar surface area (TPSA) is 64.9 Å². The van der Waals surface area contributed by atoms with Gasteiger partial charge in [0.05, 0.1) is 17.1 Å². The van der Waals surface area contributed by atoms with E-state index in [0.29, 0.717) is 12.8 Å². The van der Waals surface area contributed by atoms with Crippen molar-refractivity contribution in [2.24, 2.45) is 0 Å². The van der Waals surface area contributed by atoms with Gasteiger partial charge < -0.3 is 10.3 Å². The molecule has 100 valence electrons. The van der Waals surface area contributed by atoms with Crippen LogP contribution in [0.2, 0.25) is 0 Å². The lowest BCUT2D eigenvalue weighted by molar-refractivity contribution is -0.955. The molecule has 0 saturated carbocycles. The second-order valence-corrected chi connectivity index (χ2v) is 6.54. The minimum atomic E-state index is -0.491. The molecule has 2 aliphatic heterocycles. The molecule has 0 aromatic rings. The van der Waals surface area contributed by atoms with Gasteiger partial charge in [-0.15, -0.1) is 0 Å². The zero-order chi connectivity index (χ0) is 13.7. The summed E-state index contributed by atoms with van der Waals surface area (Å²) in [5, 5.41) is 12.5. The molecule has 2 amide bonds. The second-order valence-electron chi connectivity index (χ2n) is 6.54. The molecule has 0 unspecified atom stereocenters. The molecule has 18 heavy (non-hydrogen) atoms. The van der Waals surface area contributed by atoms with Gasteiger partial charge in [0, 0.05) is 25.0 Å². The third kappa shape index (κ3) is 1.97. The van der Waals surface area contributed by atoms with E-state index in [9.17, 15) is 14.8 Å². The summed E-state index contributed by atoms with van der Waals surface area (Å²) in [4.78, 5) is 24.7. The van der Waals surface area contributed by atoms with Crippen LogP contribution in [-0.4, -0.2) is 33.8 Å². The Hall–Kier alpha value is -1.20. The molecule has 2 rings (SSSR count). The summed E-state index contributed by atoms with van der Waals surface area (Å²) in [6.45, 7) is 7.56. The molecule has 2 aliphatic rings. The fraction of sp³-hybridized carbons (Fsp3) is 0.692. The minimum Gasteiger partial charge on any atom is -0.634 e. The standard InChI is InChI=1S/C13H20N2O3/c1-12(2)7-9(8-13(3,4)15(12)18)14-10(16)5-6-11(14)17/h5-6,9,15H,7-8H2,1-4H3. The number of imide groups is 1. The van der Waals surface area contributed by atoms with Crippen molar-refractivity contribution in [3.05, 3.63) is 17.4 Å². The maximum absolute atomic E-state index is 12.3. The third-order valence-electron chi connectivity index (χ3n) is 3.93. The number of piperidine rings is 1. The fourth-order valence-electron chi connectivity index (χ4n) is 3.31. The summed E-state index contributed by atoms with van der Waals surface area (Å²) in [5.41, 5.74) is -0.981. The van der Waals surface area contributed by atoms with Crippen molar-refractivity contribution >= 4 is 11.8 Å². The number of hydroxylamine groups is 2. The number of nitrogens with zero attached hydrogens (tertiary/aromatic N) is 1. The number of carbonyl (C=O) groups excluding carboxylic acids is 2. The number of nitrogens with one attached hydrogen (secondary N) is 1. The van der Waals surface area contributed by atoms with E-state index in [4.69, 9.17) is 0 Å². The van der Waals surface area contributed by atoms with E-state index in [2.05, 4.69) is 0 Å². The van der Waals surface area contributed by atoms with Crippen molar-refractivity contribution < 1.29 is 14.7 Å². The van der Waals surface area contributed by atoms with Crippen molar-refractivity contribution in [3.63, 3.8) is 0 Å². The van der Waals surface area contributed by atoms with Crippen molar-refractivity contribution in [1.82, 2.24) is 4.90 Å². The van der Waals surface area contributed by atoms with Crippen LogP contribution in [0.3, 0.4) is 0 Å². The highest BCUT2D eigenvalue weighted by Crippen LogP contribution is 2.29. The van der Waals surface area contributed by atoms with Crippen molar-refractivity contribution in [2.45, 2.75) is 57.7 Å². The van der Waals surface area contributed by atoms with Gasteiger partial charge in [-0.2, -0.15) is 0 Å². The first-order valence-corrected chi connectivity index (χ1v) is 6.25. The minimum absolute atomic E-state index is 0.178. The van der Waals surface area contributed by atoms with E-state index in [1.54, 1.807) is 0 Å². The molecule has 1 N–H and O–H groups in total. The molecule has 0 radical (unpaired) electrons. The summed E-state index contributed by atoms with van der Waals surface area (Å²) in [7, 11) is 0. The average molecular weight is 252 g/mol. The number of quaternary nitrogens is 1. The van der Waals surface area contributed by atoms with Gasteiger partial charge in [0.25, 0.3) is 11.8 Å². The summed E-state index contributed by atoms with van der Waals surface area (Å²) in [5.74, 6) is -0.517. The van der Waals surface area contributed by atoms with Gasteiger partial charge in [-0.25, -0.2) is 0 Å². The van der Waals surface area contributed by atoms with Crippen LogP contribution in [0.5, 0.6) is 0 Å². The molecular weight excluding hydrogens is 232 g/mol. The predicted octanol–water partition coefficient (Wildman–Crippen LogP) is 0.0137. The molecule has 0 atom stereocenters.